The molecule has 0 aliphatic carbocycles. The third-order valence-electron chi connectivity index (χ3n) is 2.03. The Morgan fingerprint density at radius 1 is 1.54 bits per heavy atom. The van der Waals surface area contributed by atoms with Gasteiger partial charge in [0.05, 0.1) is 5.92 Å². The third-order valence-corrected chi connectivity index (χ3v) is 2.75. The van der Waals surface area contributed by atoms with Crippen molar-refractivity contribution >= 4 is 21.8 Å². The van der Waals surface area contributed by atoms with Gasteiger partial charge in [0.2, 0.25) is 5.91 Å². The fraction of sp³-hybridized carbons (Fsp3) is 0.300. The van der Waals surface area contributed by atoms with Crippen molar-refractivity contribution in [3.63, 3.8) is 0 Å². The number of benzene rings is 1. The molecule has 1 aromatic carbocycles. The molecule has 0 aliphatic heterocycles. The van der Waals surface area contributed by atoms with Crippen molar-refractivity contribution in [3.8, 4) is 0 Å². The summed E-state index contributed by atoms with van der Waals surface area (Å²) in [6, 6.07) is 7.66. The lowest BCUT2D eigenvalue weighted by Crippen LogP contribution is -2.21. The van der Waals surface area contributed by atoms with Crippen molar-refractivity contribution in [1.82, 2.24) is 0 Å². The fourth-order valence-corrected chi connectivity index (χ4v) is 1.89. The third kappa shape index (κ3) is 2.31. The predicted molar refractivity (Wildman–Crippen MR) is 56.4 cm³/mol. The number of rotatable bonds is 3. The first-order valence-corrected chi connectivity index (χ1v) is 4.99. The zero-order valence-corrected chi connectivity index (χ0v) is 9.04. The van der Waals surface area contributed by atoms with Gasteiger partial charge in [-0.25, -0.2) is 0 Å². The van der Waals surface area contributed by atoms with Crippen molar-refractivity contribution in [2.75, 3.05) is 0 Å². The lowest BCUT2D eigenvalue weighted by Gasteiger charge is -2.12. The predicted octanol–water partition coefficient (Wildman–Crippen LogP) is 2.43. The van der Waals surface area contributed by atoms with Crippen LogP contribution in [0.3, 0.4) is 0 Å². The van der Waals surface area contributed by atoms with Crippen LogP contribution in [0.25, 0.3) is 0 Å². The Bertz CT molecular complexity index is 312. The van der Waals surface area contributed by atoms with Gasteiger partial charge < -0.3 is 5.73 Å². The number of carbonyl (C=O) groups excluding carboxylic acids is 1. The summed E-state index contributed by atoms with van der Waals surface area (Å²) in [6.45, 7) is 1.95. The van der Waals surface area contributed by atoms with Gasteiger partial charge in [-0.2, -0.15) is 0 Å². The minimum Gasteiger partial charge on any atom is -0.369 e. The summed E-state index contributed by atoms with van der Waals surface area (Å²) in [6.07, 6.45) is 0.734. The molecule has 2 nitrogen and oxygen atoms in total. The van der Waals surface area contributed by atoms with Crippen molar-refractivity contribution < 1.29 is 4.79 Å². The number of primary amides is 1. The number of halogens is 1. The highest BCUT2D eigenvalue weighted by Gasteiger charge is 2.17. The van der Waals surface area contributed by atoms with Gasteiger partial charge in [0.1, 0.15) is 0 Å². The molecule has 1 rings (SSSR count). The molecule has 0 unspecified atom stereocenters. The van der Waals surface area contributed by atoms with Crippen LogP contribution in [-0.2, 0) is 4.79 Å². The summed E-state index contributed by atoms with van der Waals surface area (Å²) < 4.78 is 0.945. The van der Waals surface area contributed by atoms with Crippen molar-refractivity contribution in [1.29, 1.82) is 0 Å². The maximum atomic E-state index is 11.1. The van der Waals surface area contributed by atoms with Crippen LogP contribution in [0.15, 0.2) is 28.7 Å². The quantitative estimate of drug-likeness (QED) is 0.868. The molecule has 0 saturated heterocycles. The van der Waals surface area contributed by atoms with Crippen LogP contribution in [0.2, 0.25) is 0 Å². The van der Waals surface area contributed by atoms with Crippen LogP contribution in [-0.4, -0.2) is 5.91 Å². The van der Waals surface area contributed by atoms with Crippen LogP contribution in [0, 0.1) is 0 Å². The first-order valence-electron chi connectivity index (χ1n) is 4.20. The van der Waals surface area contributed by atoms with Crippen LogP contribution in [0.1, 0.15) is 24.8 Å². The summed E-state index contributed by atoms with van der Waals surface area (Å²) in [7, 11) is 0. The smallest absolute Gasteiger partial charge is 0.224 e. The molecular weight excluding hydrogens is 230 g/mol. The molecule has 0 aromatic heterocycles. The molecule has 0 radical (unpaired) electrons. The highest BCUT2D eigenvalue weighted by molar-refractivity contribution is 9.10. The van der Waals surface area contributed by atoms with E-state index in [9.17, 15) is 4.79 Å². The molecule has 0 heterocycles. The molecule has 1 atom stereocenters. The second-order valence-electron chi connectivity index (χ2n) is 2.88. The molecule has 0 bridgehead atoms. The zero-order valence-electron chi connectivity index (χ0n) is 7.46. The Hall–Kier alpha value is -0.830. The highest BCUT2D eigenvalue weighted by atomic mass is 79.9. The lowest BCUT2D eigenvalue weighted by atomic mass is 9.96. The molecule has 70 valence electrons. The average Bonchev–Trinajstić information content (AvgIpc) is 2.09. The van der Waals surface area contributed by atoms with Gasteiger partial charge in [-0.3, -0.25) is 4.79 Å². The van der Waals surface area contributed by atoms with E-state index in [0.29, 0.717) is 0 Å². The number of hydrogen-bond acceptors (Lipinski definition) is 1. The second-order valence-corrected chi connectivity index (χ2v) is 3.74. The topological polar surface area (TPSA) is 43.1 Å². The number of carbonyl (C=O) groups is 1. The number of nitrogens with two attached hydrogens (primary N) is 1. The van der Waals surface area contributed by atoms with Crippen LogP contribution >= 0.6 is 15.9 Å². The summed E-state index contributed by atoms with van der Waals surface area (Å²) >= 11 is 3.40. The molecule has 0 saturated carbocycles. The van der Waals surface area contributed by atoms with E-state index < -0.39 is 0 Å². The summed E-state index contributed by atoms with van der Waals surface area (Å²) in [5, 5.41) is 0. The standard InChI is InChI=1S/C10H12BrNO/c1-2-7(10(12)13)8-5-3-4-6-9(8)11/h3-7H,2H2,1H3,(H2,12,13)/t7-/m1/s1. The lowest BCUT2D eigenvalue weighted by molar-refractivity contribution is -0.119. The number of hydrogen-bond donors (Lipinski definition) is 1. The van der Waals surface area contributed by atoms with E-state index in [0.717, 1.165) is 16.5 Å². The normalized spacial score (nSPS) is 12.5. The molecule has 1 aromatic rings. The van der Waals surface area contributed by atoms with E-state index in [-0.39, 0.29) is 11.8 Å². The van der Waals surface area contributed by atoms with E-state index in [1.807, 2.05) is 31.2 Å². The SMILES string of the molecule is CC[C@@H](C(N)=O)c1ccccc1Br. The van der Waals surface area contributed by atoms with E-state index >= 15 is 0 Å². The van der Waals surface area contributed by atoms with E-state index in [2.05, 4.69) is 15.9 Å². The van der Waals surface area contributed by atoms with Gasteiger partial charge in [-0.15, -0.1) is 0 Å². The molecule has 1 amide bonds. The van der Waals surface area contributed by atoms with Gasteiger partial charge in [0.25, 0.3) is 0 Å². The van der Waals surface area contributed by atoms with Gasteiger partial charge in [-0.05, 0) is 18.1 Å². The van der Waals surface area contributed by atoms with Crippen molar-refractivity contribution in [2.24, 2.45) is 5.73 Å². The molecule has 3 heteroatoms. The second kappa shape index (κ2) is 4.42. The van der Waals surface area contributed by atoms with Crippen molar-refractivity contribution in [3.05, 3.63) is 34.3 Å². The monoisotopic (exact) mass is 241 g/mol. The van der Waals surface area contributed by atoms with Crippen molar-refractivity contribution in [2.45, 2.75) is 19.3 Å². The van der Waals surface area contributed by atoms with Gasteiger partial charge >= 0.3 is 0 Å². The fourth-order valence-electron chi connectivity index (χ4n) is 1.33. The number of amides is 1. The van der Waals surface area contributed by atoms with Crippen LogP contribution in [0.4, 0.5) is 0 Å². The zero-order chi connectivity index (χ0) is 9.84. The Morgan fingerprint density at radius 3 is 2.62 bits per heavy atom. The first-order chi connectivity index (χ1) is 6.16. The Morgan fingerprint density at radius 2 is 2.15 bits per heavy atom. The Balaban J connectivity index is 3.04. The van der Waals surface area contributed by atoms with Crippen LogP contribution in [0.5, 0.6) is 0 Å². The Labute approximate surface area is 86.3 Å². The summed E-state index contributed by atoms with van der Waals surface area (Å²) in [5.41, 5.74) is 6.26. The molecule has 13 heavy (non-hydrogen) atoms. The minimum atomic E-state index is -0.269. The molecule has 2 N–H and O–H groups in total. The average molecular weight is 242 g/mol. The highest BCUT2D eigenvalue weighted by Crippen LogP contribution is 2.26. The molecule has 0 fully saturated rings. The Kier molecular flexibility index (Phi) is 3.48. The largest absolute Gasteiger partial charge is 0.369 e. The molecule has 0 spiro atoms. The van der Waals surface area contributed by atoms with Gasteiger partial charge in [0.15, 0.2) is 0 Å². The summed E-state index contributed by atoms with van der Waals surface area (Å²) in [4.78, 5) is 11.1. The minimum absolute atomic E-state index is 0.185. The molecular formula is C10H12BrNO. The van der Waals surface area contributed by atoms with Crippen LogP contribution < -0.4 is 5.73 Å². The maximum Gasteiger partial charge on any atom is 0.224 e. The van der Waals surface area contributed by atoms with E-state index in [1.165, 1.54) is 0 Å². The first kappa shape index (κ1) is 10.3. The van der Waals surface area contributed by atoms with E-state index in [4.69, 9.17) is 5.73 Å². The summed E-state index contributed by atoms with van der Waals surface area (Å²) in [5.74, 6) is -0.454. The van der Waals surface area contributed by atoms with Gasteiger partial charge in [-0.1, -0.05) is 41.1 Å². The maximum absolute atomic E-state index is 11.1. The van der Waals surface area contributed by atoms with Gasteiger partial charge in [0, 0.05) is 4.47 Å². The molecule has 0 aliphatic rings. The van der Waals surface area contributed by atoms with E-state index in [1.54, 1.807) is 0 Å².